The molecule has 9 heteroatoms. The fourth-order valence-corrected chi connectivity index (χ4v) is 4.71. The summed E-state index contributed by atoms with van der Waals surface area (Å²) < 4.78 is 44.4. The summed E-state index contributed by atoms with van der Waals surface area (Å²) in [5, 5.41) is 5.65. The maximum Gasteiger partial charge on any atom is 0.416 e. The van der Waals surface area contributed by atoms with Crippen molar-refractivity contribution in [1.29, 1.82) is 0 Å². The number of nitrogens with one attached hydrogen (secondary N) is 2. The Morgan fingerprint density at radius 3 is 2.50 bits per heavy atom. The van der Waals surface area contributed by atoms with Gasteiger partial charge in [-0.3, -0.25) is 4.79 Å². The number of hydrogen-bond acceptors (Lipinski definition) is 3. The zero-order valence-electron chi connectivity index (χ0n) is 21.2. The summed E-state index contributed by atoms with van der Waals surface area (Å²) in [6.45, 7) is 2.56. The molecule has 0 aromatic heterocycles. The third-order valence-corrected chi connectivity index (χ3v) is 6.66. The summed E-state index contributed by atoms with van der Waals surface area (Å²) in [6, 6.07) is 19.5. The number of aryl methyl sites for hydroxylation is 1. The summed E-state index contributed by atoms with van der Waals surface area (Å²) in [4.78, 5) is 28.0. The number of rotatable bonds is 6. The number of likely N-dealkylation sites (tertiary alicyclic amines) is 1. The SMILES string of the molecule is COc1cccc(NC(=O)N2C[C@@H](C(=O)NCc3cccc(C(F)(F)F)c3)C[C@@H](c3cccc(C)c3)C2)c1. The Balaban J connectivity index is 1.50. The number of halogens is 3. The first-order valence-corrected chi connectivity index (χ1v) is 12.3. The van der Waals surface area contributed by atoms with Crippen LogP contribution in [0, 0.1) is 12.8 Å². The number of carbonyl (C=O) groups is 2. The second-order valence-corrected chi connectivity index (χ2v) is 9.53. The standard InChI is InChI=1S/C29H30F3N3O3/c1-19-6-3-8-21(12-19)22-14-23(27(36)33-16-20-7-4-9-24(13-20)29(30,31)32)18-35(17-22)28(37)34-25-10-5-11-26(15-25)38-2/h3-13,15,22-23H,14,16-18H2,1-2H3,(H,33,36)(H,34,37)/t22-,23+/m1/s1. The minimum absolute atomic E-state index is 0.0373. The number of benzene rings is 3. The van der Waals surface area contributed by atoms with Crippen molar-refractivity contribution in [2.75, 3.05) is 25.5 Å². The van der Waals surface area contributed by atoms with E-state index in [1.54, 1.807) is 42.3 Å². The van der Waals surface area contributed by atoms with Gasteiger partial charge in [0.25, 0.3) is 0 Å². The molecule has 0 radical (unpaired) electrons. The van der Waals surface area contributed by atoms with Crippen LogP contribution in [-0.4, -0.2) is 37.0 Å². The van der Waals surface area contributed by atoms with Crippen molar-refractivity contribution >= 4 is 17.6 Å². The molecule has 1 fully saturated rings. The quantitative estimate of drug-likeness (QED) is 0.416. The second kappa shape index (κ2) is 11.6. The van der Waals surface area contributed by atoms with E-state index in [-0.39, 0.29) is 30.9 Å². The fourth-order valence-electron chi connectivity index (χ4n) is 4.71. The minimum atomic E-state index is -4.46. The van der Waals surface area contributed by atoms with Crippen LogP contribution in [0.1, 0.15) is 34.6 Å². The number of alkyl halides is 3. The van der Waals surface area contributed by atoms with Crippen LogP contribution in [0.2, 0.25) is 0 Å². The highest BCUT2D eigenvalue weighted by Gasteiger charge is 2.35. The van der Waals surface area contributed by atoms with E-state index in [0.29, 0.717) is 30.0 Å². The van der Waals surface area contributed by atoms with E-state index in [9.17, 15) is 22.8 Å². The fraction of sp³-hybridized carbons (Fsp3) is 0.310. The lowest BCUT2D eigenvalue weighted by Gasteiger charge is -2.37. The minimum Gasteiger partial charge on any atom is -0.497 e. The van der Waals surface area contributed by atoms with Crippen molar-refractivity contribution in [2.45, 2.75) is 32.0 Å². The summed E-state index contributed by atoms with van der Waals surface area (Å²) in [5.74, 6) is -0.315. The number of amides is 3. The van der Waals surface area contributed by atoms with Gasteiger partial charge in [0.05, 0.1) is 18.6 Å². The van der Waals surface area contributed by atoms with Crippen molar-refractivity contribution in [1.82, 2.24) is 10.2 Å². The molecule has 1 aliphatic rings. The average molecular weight is 526 g/mol. The van der Waals surface area contributed by atoms with Gasteiger partial charge in [-0.1, -0.05) is 48.0 Å². The molecule has 4 rings (SSSR count). The molecular weight excluding hydrogens is 495 g/mol. The number of ether oxygens (including phenoxy) is 1. The highest BCUT2D eigenvalue weighted by molar-refractivity contribution is 5.90. The van der Waals surface area contributed by atoms with Gasteiger partial charge in [0, 0.05) is 37.3 Å². The van der Waals surface area contributed by atoms with E-state index < -0.39 is 17.7 Å². The predicted octanol–water partition coefficient (Wildman–Crippen LogP) is 5.98. The number of methoxy groups -OCH3 is 1. The van der Waals surface area contributed by atoms with Crippen LogP contribution in [0.4, 0.5) is 23.7 Å². The van der Waals surface area contributed by atoms with E-state index >= 15 is 0 Å². The van der Waals surface area contributed by atoms with Crippen LogP contribution in [0.3, 0.4) is 0 Å². The molecule has 0 saturated carbocycles. The molecule has 6 nitrogen and oxygen atoms in total. The van der Waals surface area contributed by atoms with Crippen LogP contribution < -0.4 is 15.4 Å². The Bertz CT molecular complexity index is 1300. The number of anilines is 1. The highest BCUT2D eigenvalue weighted by Crippen LogP contribution is 2.32. The summed E-state index contributed by atoms with van der Waals surface area (Å²) in [6.07, 6.45) is -3.94. The maximum absolute atomic E-state index is 13.2. The van der Waals surface area contributed by atoms with E-state index in [2.05, 4.69) is 10.6 Å². The lowest BCUT2D eigenvalue weighted by molar-refractivity contribution is -0.137. The summed E-state index contributed by atoms with van der Waals surface area (Å²) in [7, 11) is 1.54. The van der Waals surface area contributed by atoms with Gasteiger partial charge in [-0.2, -0.15) is 13.2 Å². The Labute approximate surface area is 219 Å². The molecule has 0 spiro atoms. The van der Waals surface area contributed by atoms with Gasteiger partial charge in [0.15, 0.2) is 0 Å². The highest BCUT2D eigenvalue weighted by atomic mass is 19.4. The van der Waals surface area contributed by atoms with Gasteiger partial charge >= 0.3 is 12.2 Å². The molecule has 0 unspecified atom stereocenters. The van der Waals surface area contributed by atoms with Crippen LogP contribution in [0.15, 0.2) is 72.8 Å². The van der Waals surface area contributed by atoms with Gasteiger partial charge in [-0.05, 0) is 48.7 Å². The van der Waals surface area contributed by atoms with Gasteiger partial charge in [-0.15, -0.1) is 0 Å². The Hall–Kier alpha value is -4.01. The van der Waals surface area contributed by atoms with Crippen LogP contribution in [0.25, 0.3) is 0 Å². The molecule has 38 heavy (non-hydrogen) atoms. The summed E-state index contributed by atoms with van der Waals surface area (Å²) >= 11 is 0. The molecule has 0 bridgehead atoms. The topological polar surface area (TPSA) is 70.7 Å². The molecule has 1 saturated heterocycles. The molecule has 1 heterocycles. The molecular formula is C29H30F3N3O3. The van der Waals surface area contributed by atoms with Gasteiger partial charge in [0.1, 0.15) is 5.75 Å². The Morgan fingerprint density at radius 1 is 1.00 bits per heavy atom. The van der Waals surface area contributed by atoms with Crippen molar-refractivity contribution in [3.8, 4) is 5.75 Å². The first kappa shape index (κ1) is 27.0. The molecule has 3 aromatic carbocycles. The van der Waals surface area contributed by atoms with Crippen molar-refractivity contribution in [3.05, 3.63) is 95.1 Å². The number of urea groups is 1. The molecule has 3 amide bonds. The lowest BCUT2D eigenvalue weighted by atomic mass is 9.83. The second-order valence-electron chi connectivity index (χ2n) is 9.53. The van der Waals surface area contributed by atoms with Crippen molar-refractivity contribution in [2.24, 2.45) is 5.92 Å². The van der Waals surface area contributed by atoms with E-state index in [4.69, 9.17) is 4.74 Å². The third-order valence-electron chi connectivity index (χ3n) is 6.66. The van der Waals surface area contributed by atoms with Gasteiger partial charge in [0.2, 0.25) is 5.91 Å². The van der Waals surface area contributed by atoms with Crippen LogP contribution >= 0.6 is 0 Å². The van der Waals surface area contributed by atoms with E-state index in [1.807, 2.05) is 31.2 Å². The van der Waals surface area contributed by atoms with Crippen molar-refractivity contribution < 1.29 is 27.5 Å². The molecule has 2 N–H and O–H groups in total. The number of nitrogens with zero attached hydrogens (tertiary/aromatic N) is 1. The monoisotopic (exact) mass is 525 g/mol. The smallest absolute Gasteiger partial charge is 0.416 e. The molecule has 3 aromatic rings. The zero-order valence-corrected chi connectivity index (χ0v) is 21.2. The van der Waals surface area contributed by atoms with Crippen molar-refractivity contribution in [3.63, 3.8) is 0 Å². The van der Waals surface area contributed by atoms with Gasteiger partial charge < -0.3 is 20.3 Å². The molecule has 0 aliphatic carbocycles. The zero-order chi connectivity index (χ0) is 27.3. The van der Waals surface area contributed by atoms with E-state index in [0.717, 1.165) is 23.3 Å². The van der Waals surface area contributed by atoms with E-state index in [1.165, 1.54) is 6.07 Å². The van der Waals surface area contributed by atoms with Gasteiger partial charge in [-0.25, -0.2) is 4.79 Å². The summed E-state index contributed by atoms with van der Waals surface area (Å²) in [5.41, 5.74) is 2.26. The first-order chi connectivity index (χ1) is 18.1. The molecule has 2 atom stereocenters. The molecule has 1 aliphatic heterocycles. The lowest BCUT2D eigenvalue weighted by Crippen LogP contribution is -2.49. The average Bonchev–Trinajstić information content (AvgIpc) is 2.91. The maximum atomic E-state index is 13.2. The predicted molar refractivity (Wildman–Crippen MR) is 139 cm³/mol. The first-order valence-electron chi connectivity index (χ1n) is 12.3. The Morgan fingerprint density at radius 2 is 1.76 bits per heavy atom. The Kier molecular flexibility index (Phi) is 8.24. The largest absolute Gasteiger partial charge is 0.497 e. The normalized spacial score (nSPS) is 17.6. The number of carbonyl (C=O) groups excluding carboxylic acids is 2. The number of piperidine rings is 1. The van der Waals surface area contributed by atoms with Crippen LogP contribution in [0.5, 0.6) is 5.75 Å². The molecule has 200 valence electrons. The third kappa shape index (κ3) is 6.85. The number of hydrogen-bond donors (Lipinski definition) is 2. The van der Waals surface area contributed by atoms with Crippen LogP contribution in [-0.2, 0) is 17.5 Å².